The van der Waals surface area contributed by atoms with Crippen molar-refractivity contribution in [3.63, 3.8) is 0 Å². The third-order valence-corrected chi connectivity index (χ3v) is 6.78. The molecule has 1 aromatic carbocycles. The van der Waals surface area contributed by atoms with Crippen LogP contribution in [0.15, 0.2) is 36.8 Å². The van der Waals surface area contributed by atoms with Crippen LogP contribution in [0, 0.1) is 5.82 Å². The van der Waals surface area contributed by atoms with E-state index in [0.29, 0.717) is 22.9 Å². The SMILES string of the molecule is CC(Oc1cc(-c2cnn(C(C)(C)CN3CC[C@H](O)C3)c2)cnc1N)c1c(Cl)ccc(F)c1Cl. The molecule has 10 heteroatoms. The monoisotopic (exact) mass is 507 g/mol. The van der Waals surface area contributed by atoms with Gasteiger partial charge in [-0.05, 0) is 45.4 Å². The second-order valence-corrected chi connectivity index (χ2v) is 10.1. The van der Waals surface area contributed by atoms with Crippen LogP contribution in [0.2, 0.25) is 10.0 Å². The number of aliphatic hydroxyl groups excluding tert-OH is 1. The Balaban J connectivity index is 1.55. The van der Waals surface area contributed by atoms with Crippen LogP contribution in [0.5, 0.6) is 5.75 Å². The minimum atomic E-state index is -0.660. The summed E-state index contributed by atoms with van der Waals surface area (Å²) in [6, 6.07) is 4.42. The average molecular weight is 508 g/mol. The van der Waals surface area contributed by atoms with Crippen molar-refractivity contribution in [1.29, 1.82) is 0 Å². The molecule has 7 nitrogen and oxygen atoms in total. The maximum Gasteiger partial charge on any atom is 0.166 e. The molecule has 1 unspecified atom stereocenters. The first-order valence-corrected chi connectivity index (χ1v) is 11.8. The predicted molar refractivity (Wildman–Crippen MR) is 132 cm³/mol. The Hall–Kier alpha value is -2.39. The highest BCUT2D eigenvalue weighted by Crippen LogP contribution is 2.37. The van der Waals surface area contributed by atoms with Gasteiger partial charge in [-0.1, -0.05) is 23.2 Å². The molecule has 3 aromatic rings. The summed E-state index contributed by atoms with van der Waals surface area (Å²) in [4.78, 5) is 6.51. The first-order valence-electron chi connectivity index (χ1n) is 11.1. The van der Waals surface area contributed by atoms with Crippen LogP contribution in [-0.2, 0) is 5.54 Å². The van der Waals surface area contributed by atoms with E-state index < -0.39 is 11.9 Å². The lowest BCUT2D eigenvalue weighted by Gasteiger charge is -2.30. The molecule has 1 saturated heterocycles. The average Bonchev–Trinajstić information content (AvgIpc) is 3.42. The van der Waals surface area contributed by atoms with Crippen molar-refractivity contribution in [2.45, 2.75) is 44.9 Å². The Morgan fingerprint density at radius 1 is 1.29 bits per heavy atom. The van der Waals surface area contributed by atoms with Gasteiger partial charge in [0.25, 0.3) is 0 Å². The van der Waals surface area contributed by atoms with E-state index in [1.165, 1.54) is 12.1 Å². The third kappa shape index (κ3) is 5.15. The largest absolute Gasteiger partial charge is 0.482 e. The zero-order chi connectivity index (χ0) is 24.6. The fraction of sp³-hybridized carbons (Fsp3) is 0.417. The van der Waals surface area contributed by atoms with Crippen molar-refractivity contribution in [1.82, 2.24) is 19.7 Å². The molecular weight excluding hydrogens is 480 g/mol. The Bertz CT molecular complexity index is 1190. The molecule has 2 aromatic heterocycles. The standard InChI is InChI=1S/C24H28Cl2FN5O2/c1-14(21-18(25)4-5-19(27)22(21)26)34-20-8-15(9-29-23(20)28)16-10-30-32(11-16)24(2,3)13-31-7-6-17(33)12-31/h4-5,8-11,14,17,33H,6-7,12-13H2,1-3H3,(H2,28,29)/t14?,17-/m0/s1. The first kappa shape index (κ1) is 24.7. The summed E-state index contributed by atoms with van der Waals surface area (Å²) in [7, 11) is 0. The first-order chi connectivity index (χ1) is 16.0. The predicted octanol–water partition coefficient (Wildman–Crippen LogP) is 4.91. The fourth-order valence-corrected chi connectivity index (χ4v) is 4.93. The normalized spacial score (nSPS) is 17.8. The molecule has 4 rings (SSSR count). The molecule has 0 radical (unpaired) electrons. The highest BCUT2D eigenvalue weighted by atomic mass is 35.5. The van der Waals surface area contributed by atoms with Gasteiger partial charge in [0.15, 0.2) is 11.6 Å². The van der Waals surface area contributed by atoms with Gasteiger partial charge in [-0.15, -0.1) is 0 Å². The second kappa shape index (κ2) is 9.70. The number of halogens is 3. The van der Waals surface area contributed by atoms with Gasteiger partial charge in [0.05, 0.1) is 22.9 Å². The zero-order valence-corrected chi connectivity index (χ0v) is 20.8. The maximum absolute atomic E-state index is 14.0. The molecule has 0 amide bonds. The number of benzene rings is 1. The number of rotatable bonds is 7. The number of nitrogens with zero attached hydrogens (tertiary/aromatic N) is 4. The lowest BCUT2D eigenvalue weighted by molar-refractivity contribution is 0.151. The lowest BCUT2D eigenvalue weighted by atomic mass is 10.1. The zero-order valence-electron chi connectivity index (χ0n) is 19.3. The number of likely N-dealkylation sites (tertiary alicyclic amines) is 1. The van der Waals surface area contributed by atoms with E-state index in [1.807, 2.05) is 10.9 Å². The molecule has 2 atom stereocenters. The van der Waals surface area contributed by atoms with Crippen molar-refractivity contribution in [2.75, 3.05) is 25.4 Å². The van der Waals surface area contributed by atoms with E-state index in [0.717, 1.165) is 30.6 Å². The summed E-state index contributed by atoms with van der Waals surface area (Å²) in [6.07, 6.45) is 5.25. The third-order valence-electron chi connectivity index (χ3n) is 6.07. The number of ether oxygens (including phenoxy) is 1. The number of β-amino-alcohol motifs (C(OH)–C–C–N with tert-alkyl or cyclic N) is 1. The quantitative estimate of drug-likeness (QED) is 0.441. The number of nitrogens with two attached hydrogens (primary N) is 1. The summed E-state index contributed by atoms with van der Waals surface area (Å²) in [5, 5.41) is 14.6. The molecule has 1 aliphatic heterocycles. The molecule has 1 fully saturated rings. The van der Waals surface area contributed by atoms with Gasteiger partial charge in [-0.25, -0.2) is 9.37 Å². The van der Waals surface area contributed by atoms with Crippen molar-refractivity contribution in [3.8, 4) is 16.9 Å². The Kier molecular flexibility index (Phi) is 7.05. The summed E-state index contributed by atoms with van der Waals surface area (Å²) < 4.78 is 21.9. The topological polar surface area (TPSA) is 89.4 Å². The van der Waals surface area contributed by atoms with E-state index >= 15 is 0 Å². The van der Waals surface area contributed by atoms with Crippen molar-refractivity contribution < 1.29 is 14.2 Å². The van der Waals surface area contributed by atoms with Crippen LogP contribution in [0.25, 0.3) is 11.1 Å². The van der Waals surface area contributed by atoms with Gasteiger partial charge in [-0.3, -0.25) is 9.58 Å². The van der Waals surface area contributed by atoms with Crippen LogP contribution < -0.4 is 10.5 Å². The van der Waals surface area contributed by atoms with Crippen LogP contribution >= 0.6 is 23.2 Å². The molecule has 0 aliphatic carbocycles. The molecule has 0 saturated carbocycles. The van der Waals surface area contributed by atoms with E-state index in [9.17, 15) is 9.50 Å². The minimum Gasteiger partial charge on any atom is -0.482 e. The van der Waals surface area contributed by atoms with Crippen LogP contribution in [0.4, 0.5) is 10.2 Å². The number of aromatic nitrogens is 3. The van der Waals surface area contributed by atoms with Gasteiger partial charge in [-0.2, -0.15) is 5.10 Å². The van der Waals surface area contributed by atoms with E-state index in [4.69, 9.17) is 33.7 Å². The number of aliphatic hydroxyl groups is 1. The van der Waals surface area contributed by atoms with Gasteiger partial charge < -0.3 is 15.6 Å². The number of hydrogen-bond acceptors (Lipinski definition) is 6. The summed E-state index contributed by atoms with van der Waals surface area (Å²) in [5.74, 6) is -0.0474. The highest BCUT2D eigenvalue weighted by Gasteiger charge is 2.29. The van der Waals surface area contributed by atoms with Crippen molar-refractivity contribution in [3.05, 3.63) is 58.2 Å². The molecule has 34 heavy (non-hydrogen) atoms. The minimum absolute atomic E-state index is 0.0864. The van der Waals surface area contributed by atoms with Crippen LogP contribution in [-0.4, -0.2) is 50.5 Å². The van der Waals surface area contributed by atoms with E-state index in [1.54, 1.807) is 25.4 Å². The summed E-state index contributed by atoms with van der Waals surface area (Å²) >= 11 is 12.4. The Labute approximate surface area is 208 Å². The molecule has 0 spiro atoms. The number of hydrogen-bond donors (Lipinski definition) is 2. The van der Waals surface area contributed by atoms with Crippen LogP contribution in [0.1, 0.15) is 38.9 Å². The molecule has 182 valence electrons. The van der Waals surface area contributed by atoms with E-state index in [-0.39, 0.29) is 22.5 Å². The number of nitrogen functional groups attached to an aromatic ring is 1. The molecule has 0 bridgehead atoms. The Morgan fingerprint density at radius 2 is 2.06 bits per heavy atom. The number of pyridine rings is 1. The smallest absolute Gasteiger partial charge is 0.166 e. The lowest BCUT2D eigenvalue weighted by Crippen LogP contribution is -2.40. The van der Waals surface area contributed by atoms with Crippen molar-refractivity contribution >= 4 is 29.0 Å². The summed E-state index contributed by atoms with van der Waals surface area (Å²) in [5.41, 5.74) is 7.74. The maximum atomic E-state index is 14.0. The molecule has 3 heterocycles. The Morgan fingerprint density at radius 3 is 2.76 bits per heavy atom. The van der Waals surface area contributed by atoms with E-state index in [2.05, 4.69) is 28.8 Å². The van der Waals surface area contributed by atoms with Crippen LogP contribution in [0.3, 0.4) is 0 Å². The summed E-state index contributed by atoms with van der Waals surface area (Å²) in [6.45, 7) is 8.26. The van der Waals surface area contributed by atoms with Gasteiger partial charge in [0.1, 0.15) is 11.9 Å². The van der Waals surface area contributed by atoms with Gasteiger partial charge in [0, 0.05) is 53.7 Å². The highest BCUT2D eigenvalue weighted by molar-refractivity contribution is 6.36. The van der Waals surface area contributed by atoms with Gasteiger partial charge >= 0.3 is 0 Å². The van der Waals surface area contributed by atoms with Gasteiger partial charge in [0.2, 0.25) is 0 Å². The fourth-order valence-electron chi connectivity index (χ4n) is 4.25. The second-order valence-electron chi connectivity index (χ2n) is 9.29. The van der Waals surface area contributed by atoms with Crippen molar-refractivity contribution in [2.24, 2.45) is 0 Å². The molecular formula is C24H28Cl2FN5O2. The number of anilines is 1. The molecule has 1 aliphatic rings. The molecule has 3 N–H and O–H groups in total.